The van der Waals surface area contributed by atoms with Crippen LogP contribution in [0.25, 0.3) is 0 Å². The molecule has 0 rings (SSSR count). The molecule has 0 aliphatic rings. The third kappa shape index (κ3) is 22.0. The highest BCUT2D eigenvalue weighted by Crippen LogP contribution is 2.26. The molecule has 0 aromatic heterocycles. The zero-order valence-electron chi connectivity index (χ0n) is 22.1. The van der Waals surface area contributed by atoms with Gasteiger partial charge in [0, 0.05) is 12.2 Å². The Hall–Kier alpha value is -0.989. The lowest BCUT2D eigenvalue weighted by molar-refractivity contribution is -0.138. The zero-order valence-corrected chi connectivity index (χ0v) is 25.1. The zero-order chi connectivity index (χ0) is 25.5. The van der Waals surface area contributed by atoms with Gasteiger partial charge in [-0.3, -0.25) is 0 Å². The van der Waals surface area contributed by atoms with Gasteiger partial charge >= 0.3 is 20.6 Å². The molecule has 0 aliphatic carbocycles. The van der Waals surface area contributed by atoms with Gasteiger partial charge in [-0.05, 0) is 64.7 Å². The predicted molar refractivity (Wildman–Crippen MR) is 153 cm³/mol. The number of esters is 1. The third-order valence-corrected chi connectivity index (χ3v) is 16.1. The summed E-state index contributed by atoms with van der Waals surface area (Å²) >= 11 is 0. The van der Waals surface area contributed by atoms with Gasteiger partial charge < -0.3 is 27.8 Å². The predicted octanol–water partition coefficient (Wildman–Crippen LogP) is 6.46. The fourth-order valence-electron chi connectivity index (χ4n) is 3.42. The molecule has 0 aromatic carbocycles. The van der Waals surface area contributed by atoms with E-state index in [1.807, 2.05) is 0 Å². The van der Waals surface area contributed by atoms with Crippen molar-refractivity contribution in [1.82, 2.24) is 5.32 Å². The van der Waals surface area contributed by atoms with Crippen LogP contribution in [-0.4, -0.2) is 70.2 Å². The van der Waals surface area contributed by atoms with E-state index in [0.29, 0.717) is 18.8 Å². The Labute approximate surface area is 219 Å². The van der Waals surface area contributed by atoms with E-state index in [4.69, 9.17) is 22.4 Å². The molecular formula is C24H55NO7Si3. The van der Waals surface area contributed by atoms with Gasteiger partial charge in [0.1, 0.15) is 13.2 Å². The molecule has 0 bridgehead atoms. The first-order valence-electron chi connectivity index (χ1n) is 11.9. The lowest BCUT2D eigenvalue weighted by Crippen LogP contribution is -2.52. The number of ether oxygens (including phenoxy) is 3. The van der Waals surface area contributed by atoms with Gasteiger partial charge in [0.05, 0.1) is 13.2 Å². The summed E-state index contributed by atoms with van der Waals surface area (Å²) in [5.41, 5.74) is 0.319. The van der Waals surface area contributed by atoms with Gasteiger partial charge in [0.15, 0.2) is 16.6 Å². The fourth-order valence-corrected chi connectivity index (χ4v) is 17.6. The number of carbonyl (C=O) groups is 2. The average molecular weight is 554 g/mol. The van der Waals surface area contributed by atoms with Crippen LogP contribution in [-0.2, 0) is 27.2 Å². The van der Waals surface area contributed by atoms with Gasteiger partial charge in [-0.15, -0.1) is 0 Å². The summed E-state index contributed by atoms with van der Waals surface area (Å²) in [6, 6.07) is 2.18. The van der Waals surface area contributed by atoms with Crippen LogP contribution in [0, 0.1) is 0 Å². The normalized spacial score (nSPS) is 11.7. The Kier molecular flexibility index (Phi) is 21.1. The van der Waals surface area contributed by atoms with Crippen LogP contribution in [0.1, 0.15) is 48.0 Å². The maximum atomic E-state index is 11.6. The van der Waals surface area contributed by atoms with Crippen molar-refractivity contribution in [3.63, 3.8) is 0 Å². The number of unbranched alkanes of at least 4 members (excludes halogenated alkanes) is 1. The van der Waals surface area contributed by atoms with E-state index in [1.54, 1.807) is 6.92 Å². The van der Waals surface area contributed by atoms with Crippen molar-refractivity contribution in [3.8, 4) is 0 Å². The summed E-state index contributed by atoms with van der Waals surface area (Å²) < 4.78 is 28.7. The summed E-state index contributed by atoms with van der Waals surface area (Å²) in [5, 5.41) is 2.51. The Morgan fingerprint density at radius 1 is 0.800 bits per heavy atom. The van der Waals surface area contributed by atoms with Crippen molar-refractivity contribution in [2.24, 2.45) is 0 Å². The first kappa shape index (κ1) is 38.5. The van der Waals surface area contributed by atoms with E-state index < -0.39 is 37.3 Å². The van der Waals surface area contributed by atoms with E-state index >= 15 is 0 Å². The maximum absolute atomic E-state index is 11.6. The van der Waals surface area contributed by atoms with E-state index in [0.717, 1.165) is 12.5 Å². The van der Waals surface area contributed by atoms with E-state index in [2.05, 4.69) is 58.1 Å². The number of amides is 1. The lowest BCUT2D eigenvalue weighted by Gasteiger charge is -2.38. The molecule has 0 heterocycles. The third-order valence-electron chi connectivity index (χ3n) is 4.66. The molecule has 0 fully saturated rings. The standard InChI is InChI=1S/C22H47NO7Si3.2CH4/c1-10-11-18-31(4,5)29-33(8,9)30-32(6,7)19-12-14-26-16-17-28-22(25)23-13-15-27-21(24)20(2)3;;/h2,10-19H2,1,3-9H3,(H,23,25);2*1H4. The molecular weight excluding hydrogens is 499 g/mol. The van der Waals surface area contributed by atoms with Crippen molar-refractivity contribution in [1.29, 1.82) is 0 Å². The molecule has 0 unspecified atom stereocenters. The highest BCUT2D eigenvalue weighted by Gasteiger charge is 2.39. The Morgan fingerprint density at radius 2 is 1.34 bits per heavy atom. The molecule has 8 nitrogen and oxygen atoms in total. The molecule has 0 saturated carbocycles. The van der Waals surface area contributed by atoms with Crippen LogP contribution >= 0.6 is 0 Å². The average Bonchev–Trinajstić information content (AvgIpc) is 2.66. The molecule has 11 heteroatoms. The molecule has 0 aromatic rings. The summed E-state index contributed by atoms with van der Waals surface area (Å²) in [4.78, 5) is 22.8. The highest BCUT2D eigenvalue weighted by molar-refractivity contribution is 6.87. The SMILES string of the molecule is C.C.C=C(C)C(=O)OCCNC(=O)OCCOCCC[Si](C)(C)O[Si](C)(C)O[Si](C)(C)CCCC. The van der Waals surface area contributed by atoms with Crippen molar-refractivity contribution in [2.45, 2.75) is 99.3 Å². The van der Waals surface area contributed by atoms with E-state index in [-0.39, 0.29) is 34.6 Å². The second-order valence-corrected chi connectivity index (χ2v) is 22.4. The van der Waals surface area contributed by atoms with Crippen LogP contribution in [0.4, 0.5) is 4.79 Å². The number of rotatable bonds is 18. The first-order valence-corrected chi connectivity index (χ1v) is 21.0. The number of alkyl carbamates (subject to hydrolysis) is 1. The number of hydrogen-bond donors (Lipinski definition) is 1. The van der Waals surface area contributed by atoms with Crippen LogP contribution < -0.4 is 5.32 Å². The second-order valence-electron chi connectivity index (χ2n) is 9.92. The van der Waals surface area contributed by atoms with Crippen molar-refractivity contribution >= 4 is 37.3 Å². The summed E-state index contributed by atoms with van der Waals surface area (Å²) in [5.74, 6) is -0.480. The topological polar surface area (TPSA) is 92.3 Å². The Balaban J connectivity index is -0.00000512. The van der Waals surface area contributed by atoms with Crippen LogP contribution in [0.15, 0.2) is 12.2 Å². The van der Waals surface area contributed by atoms with Gasteiger partial charge in [0.25, 0.3) is 0 Å². The molecule has 35 heavy (non-hydrogen) atoms. The highest BCUT2D eigenvalue weighted by atomic mass is 28.5. The molecule has 0 aliphatic heterocycles. The smallest absolute Gasteiger partial charge is 0.407 e. The summed E-state index contributed by atoms with van der Waals surface area (Å²) in [6.45, 7) is 22.0. The minimum atomic E-state index is -2.16. The van der Waals surface area contributed by atoms with Crippen LogP contribution in [0.5, 0.6) is 0 Å². The molecule has 1 amide bonds. The van der Waals surface area contributed by atoms with Gasteiger partial charge in [-0.1, -0.05) is 41.2 Å². The quantitative estimate of drug-likeness (QED) is 0.0901. The molecule has 0 saturated heterocycles. The second kappa shape index (κ2) is 19.2. The van der Waals surface area contributed by atoms with Crippen molar-refractivity contribution in [3.05, 3.63) is 12.2 Å². The largest absolute Gasteiger partial charge is 0.460 e. The number of nitrogens with one attached hydrogen (secondary N) is 1. The van der Waals surface area contributed by atoms with E-state index in [1.165, 1.54) is 18.9 Å². The Bertz CT molecular complexity index is 614. The van der Waals surface area contributed by atoms with Gasteiger partial charge in [-0.25, -0.2) is 9.59 Å². The van der Waals surface area contributed by atoms with Crippen molar-refractivity contribution in [2.75, 3.05) is 33.0 Å². The molecule has 0 atom stereocenters. The molecule has 0 radical (unpaired) electrons. The van der Waals surface area contributed by atoms with Crippen molar-refractivity contribution < 1.29 is 32.0 Å². The maximum Gasteiger partial charge on any atom is 0.407 e. The summed E-state index contributed by atoms with van der Waals surface area (Å²) in [6.07, 6.45) is 2.76. The van der Waals surface area contributed by atoms with Crippen LogP contribution in [0.2, 0.25) is 51.4 Å². The minimum absolute atomic E-state index is 0. The Morgan fingerprint density at radius 3 is 1.86 bits per heavy atom. The number of carbonyl (C=O) groups excluding carboxylic acids is 2. The fraction of sp³-hybridized carbons (Fsp3) is 0.833. The summed E-state index contributed by atoms with van der Waals surface area (Å²) in [7, 11) is -5.69. The molecule has 1 N–H and O–H groups in total. The minimum Gasteiger partial charge on any atom is -0.460 e. The van der Waals surface area contributed by atoms with E-state index in [9.17, 15) is 9.59 Å². The molecule has 210 valence electrons. The molecule has 0 spiro atoms. The van der Waals surface area contributed by atoms with Gasteiger partial charge in [0.2, 0.25) is 0 Å². The number of hydrogen-bond acceptors (Lipinski definition) is 7. The monoisotopic (exact) mass is 553 g/mol. The lowest BCUT2D eigenvalue weighted by atomic mass is 10.4. The van der Waals surface area contributed by atoms with Gasteiger partial charge in [-0.2, -0.15) is 0 Å². The van der Waals surface area contributed by atoms with Crippen LogP contribution in [0.3, 0.4) is 0 Å². The first-order chi connectivity index (χ1) is 15.2.